The minimum atomic E-state index is 0.0535. The predicted molar refractivity (Wildman–Crippen MR) is 94.8 cm³/mol. The van der Waals surface area contributed by atoms with Gasteiger partial charge in [0.05, 0.1) is 11.9 Å². The Balaban J connectivity index is 1.35. The third-order valence-corrected chi connectivity index (χ3v) is 5.92. The summed E-state index contributed by atoms with van der Waals surface area (Å²) in [7, 11) is 1.94. The van der Waals surface area contributed by atoms with Crippen molar-refractivity contribution in [1.29, 1.82) is 0 Å². The maximum absolute atomic E-state index is 13.1. The molecule has 1 saturated heterocycles. The maximum Gasteiger partial charge on any atom is 0.259 e. The van der Waals surface area contributed by atoms with Gasteiger partial charge in [0, 0.05) is 44.2 Å². The molecule has 7 heteroatoms. The average molecular weight is 355 g/mol. The summed E-state index contributed by atoms with van der Waals surface area (Å²) in [4.78, 5) is 15.1. The molecule has 7 nitrogen and oxygen atoms in total. The van der Waals surface area contributed by atoms with Crippen molar-refractivity contribution >= 4 is 5.91 Å². The van der Waals surface area contributed by atoms with Crippen molar-refractivity contribution in [1.82, 2.24) is 25.2 Å². The third kappa shape index (κ3) is 3.05. The number of aryl methyl sites for hydroxylation is 1. The van der Waals surface area contributed by atoms with Crippen LogP contribution < -0.4 is 5.32 Å². The fourth-order valence-electron chi connectivity index (χ4n) is 4.01. The van der Waals surface area contributed by atoms with Crippen LogP contribution in [0.25, 0.3) is 0 Å². The molecular weight excluding hydrogens is 330 g/mol. The molecule has 26 heavy (non-hydrogen) atoms. The molecule has 3 fully saturated rings. The number of hydrogen-bond acceptors (Lipinski definition) is 5. The molecule has 2 aromatic rings. The molecule has 1 N–H and O–H groups in total. The lowest BCUT2D eigenvalue weighted by atomic mass is 9.97. The molecular formula is C19H25N5O2. The zero-order valence-corrected chi connectivity index (χ0v) is 15.1. The molecule has 0 aromatic carbocycles. The molecule has 138 valence electrons. The third-order valence-electron chi connectivity index (χ3n) is 5.92. The second-order valence-corrected chi connectivity index (χ2v) is 8.11. The van der Waals surface area contributed by atoms with Gasteiger partial charge in [0.15, 0.2) is 0 Å². The van der Waals surface area contributed by atoms with Gasteiger partial charge in [-0.25, -0.2) is 0 Å². The van der Waals surface area contributed by atoms with Crippen LogP contribution in [0.1, 0.15) is 59.1 Å². The zero-order chi connectivity index (χ0) is 17.7. The number of aromatic nitrogens is 3. The highest BCUT2D eigenvalue weighted by Gasteiger charge is 2.40. The molecule has 0 radical (unpaired) electrons. The van der Waals surface area contributed by atoms with Gasteiger partial charge < -0.3 is 14.7 Å². The van der Waals surface area contributed by atoms with Gasteiger partial charge in [-0.15, -0.1) is 0 Å². The lowest BCUT2D eigenvalue weighted by molar-refractivity contribution is 0.0786. The van der Waals surface area contributed by atoms with Crippen LogP contribution in [-0.2, 0) is 7.05 Å². The van der Waals surface area contributed by atoms with E-state index in [9.17, 15) is 4.79 Å². The highest BCUT2D eigenvalue weighted by atomic mass is 16.5. The van der Waals surface area contributed by atoms with Crippen molar-refractivity contribution < 1.29 is 9.32 Å². The highest BCUT2D eigenvalue weighted by molar-refractivity contribution is 5.95. The first-order valence-electron chi connectivity index (χ1n) is 9.64. The maximum atomic E-state index is 13.1. The molecule has 3 aliphatic rings. The van der Waals surface area contributed by atoms with Crippen molar-refractivity contribution in [3.05, 3.63) is 35.5 Å². The van der Waals surface area contributed by atoms with Crippen LogP contribution in [-0.4, -0.2) is 51.4 Å². The fraction of sp³-hybridized carbons (Fsp3) is 0.632. The van der Waals surface area contributed by atoms with E-state index in [1.54, 1.807) is 0 Å². The zero-order valence-electron chi connectivity index (χ0n) is 15.1. The summed E-state index contributed by atoms with van der Waals surface area (Å²) < 4.78 is 6.97. The average Bonchev–Trinajstić information content (AvgIpc) is 3.52. The number of hydrogen-bond donors (Lipinski definition) is 1. The number of carbonyl (C=O) groups excluding carboxylic acids is 1. The Bertz CT molecular complexity index is 804. The Morgan fingerprint density at radius 3 is 2.85 bits per heavy atom. The summed E-state index contributed by atoms with van der Waals surface area (Å²) in [5.74, 6) is 1.55. The first kappa shape index (κ1) is 16.1. The molecule has 0 spiro atoms. The molecule has 2 atom stereocenters. The quantitative estimate of drug-likeness (QED) is 0.856. The molecule has 2 aromatic heterocycles. The van der Waals surface area contributed by atoms with Crippen LogP contribution >= 0.6 is 0 Å². The van der Waals surface area contributed by atoms with E-state index in [1.165, 1.54) is 24.7 Å². The molecule has 0 unspecified atom stereocenters. The topological polar surface area (TPSA) is 76.2 Å². The van der Waals surface area contributed by atoms with E-state index in [4.69, 9.17) is 4.52 Å². The van der Waals surface area contributed by atoms with Gasteiger partial charge in [-0.3, -0.25) is 9.48 Å². The van der Waals surface area contributed by atoms with E-state index in [-0.39, 0.29) is 17.9 Å². The lowest BCUT2D eigenvalue weighted by Gasteiger charge is -2.18. The van der Waals surface area contributed by atoms with Gasteiger partial charge in [0.2, 0.25) is 0 Å². The Morgan fingerprint density at radius 2 is 2.15 bits per heavy atom. The van der Waals surface area contributed by atoms with Crippen molar-refractivity contribution in [2.75, 3.05) is 19.6 Å². The number of rotatable bonds is 6. The van der Waals surface area contributed by atoms with Crippen LogP contribution in [0.2, 0.25) is 0 Å². The highest BCUT2D eigenvalue weighted by Crippen LogP contribution is 2.41. The van der Waals surface area contributed by atoms with Crippen molar-refractivity contribution in [2.45, 2.75) is 43.6 Å². The fourth-order valence-corrected chi connectivity index (χ4v) is 4.01. The largest absolute Gasteiger partial charge is 0.364 e. The monoisotopic (exact) mass is 355 g/mol. The van der Waals surface area contributed by atoms with Crippen LogP contribution in [0.3, 0.4) is 0 Å². The van der Waals surface area contributed by atoms with Crippen LogP contribution in [0.5, 0.6) is 0 Å². The summed E-state index contributed by atoms with van der Waals surface area (Å²) in [6.45, 7) is 2.48. The molecule has 1 aliphatic heterocycles. The van der Waals surface area contributed by atoms with Gasteiger partial charge in [-0.1, -0.05) is 5.16 Å². The Hall–Kier alpha value is -2.15. The number of carbonyl (C=O) groups is 1. The van der Waals surface area contributed by atoms with E-state index < -0.39 is 0 Å². The van der Waals surface area contributed by atoms with Crippen LogP contribution in [0, 0.1) is 5.92 Å². The normalized spacial score (nSPS) is 25.8. The van der Waals surface area contributed by atoms with Gasteiger partial charge in [-0.05, 0) is 43.7 Å². The first-order valence-corrected chi connectivity index (χ1v) is 9.64. The second-order valence-electron chi connectivity index (χ2n) is 8.11. The van der Waals surface area contributed by atoms with Gasteiger partial charge in [0.1, 0.15) is 11.8 Å². The summed E-state index contributed by atoms with van der Waals surface area (Å²) in [5, 5.41) is 12.1. The van der Waals surface area contributed by atoms with E-state index in [1.807, 2.05) is 22.8 Å². The summed E-state index contributed by atoms with van der Waals surface area (Å²) in [6, 6.07) is 0.271. The van der Waals surface area contributed by atoms with E-state index in [0.717, 1.165) is 37.5 Å². The van der Waals surface area contributed by atoms with Crippen molar-refractivity contribution in [3.8, 4) is 0 Å². The molecule has 2 saturated carbocycles. The second kappa shape index (κ2) is 6.23. The van der Waals surface area contributed by atoms with Crippen molar-refractivity contribution in [2.24, 2.45) is 13.0 Å². The summed E-state index contributed by atoms with van der Waals surface area (Å²) in [6.07, 6.45) is 10.4. The van der Waals surface area contributed by atoms with Gasteiger partial charge in [0.25, 0.3) is 5.91 Å². The Morgan fingerprint density at radius 1 is 1.31 bits per heavy atom. The van der Waals surface area contributed by atoms with Crippen LogP contribution in [0.15, 0.2) is 23.2 Å². The van der Waals surface area contributed by atoms with E-state index in [2.05, 4.69) is 21.8 Å². The number of likely N-dealkylation sites (tertiary alicyclic amines) is 1. The van der Waals surface area contributed by atoms with E-state index in [0.29, 0.717) is 18.0 Å². The lowest BCUT2D eigenvalue weighted by Crippen LogP contribution is -2.37. The standard InChI is InChI=1S/C19H25N5O2/c1-23-8-14(7-21-23)15-9-24(10-17(15)20-6-12-2-3-12)19(25)16-11-26-22-18(16)13-4-5-13/h7-8,11-13,15,17,20H,2-6,9-10H2,1H3/t15-,17+/m0/s1. The first-order chi connectivity index (χ1) is 12.7. The molecule has 3 heterocycles. The summed E-state index contributed by atoms with van der Waals surface area (Å²) >= 11 is 0. The van der Waals surface area contributed by atoms with Crippen LogP contribution in [0.4, 0.5) is 0 Å². The number of nitrogens with zero attached hydrogens (tertiary/aromatic N) is 4. The number of amides is 1. The molecule has 1 amide bonds. The smallest absolute Gasteiger partial charge is 0.259 e. The minimum absolute atomic E-state index is 0.0535. The predicted octanol–water partition coefficient (Wildman–Crippen LogP) is 1.89. The molecule has 5 rings (SSSR count). The van der Waals surface area contributed by atoms with E-state index >= 15 is 0 Å². The van der Waals surface area contributed by atoms with Crippen molar-refractivity contribution in [3.63, 3.8) is 0 Å². The molecule has 0 bridgehead atoms. The number of nitrogens with one attached hydrogen (secondary N) is 1. The Labute approximate surface area is 152 Å². The van der Waals surface area contributed by atoms with Gasteiger partial charge in [-0.2, -0.15) is 5.10 Å². The summed E-state index contributed by atoms with van der Waals surface area (Å²) in [5.41, 5.74) is 2.70. The SMILES string of the molecule is Cn1cc([C@@H]2CN(C(=O)c3conc3C3CC3)C[C@H]2NCC2CC2)cn1. The molecule has 2 aliphatic carbocycles. The minimum Gasteiger partial charge on any atom is -0.364 e. The van der Waals surface area contributed by atoms with Gasteiger partial charge >= 0.3 is 0 Å². The Kier molecular flexibility index (Phi) is 3.85.